The molecule has 3 atom stereocenters. The minimum absolute atomic E-state index is 0.0637. The van der Waals surface area contributed by atoms with Crippen molar-refractivity contribution in [1.82, 2.24) is 0 Å². The Bertz CT molecular complexity index is 673. The highest BCUT2D eigenvalue weighted by molar-refractivity contribution is 6.03. The third-order valence-electron chi connectivity index (χ3n) is 4.68. The number of carbonyl (C=O) groups excluding carboxylic acids is 2. The highest BCUT2D eigenvalue weighted by Crippen LogP contribution is 2.44. The van der Waals surface area contributed by atoms with Gasteiger partial charge in [0, 0.05) is 17.9 Å². The number of cyclic esters (lactones) is 1. The van der Waals surface area contributed by atoms with Crippen molar-refractivity contribution in [3.8, 4) is 5.75 Å². The van der Waals surface area contributed by atoms with Gasteiger partial charge in [0.15, 0.2) is 5.78 Å². The molecular weight excluding hydrogens is 268 g/mol. The van der Waals surface area contributed by atoms with Crippen molar-refractivity contribution in [2.24, 2.45) is 11.8 Å². The van der Waals surface area contributed by atoms with Crippen LogP contribution in [-0.2, 0) is 9.53 Å². The van der Waals surface area contributed by atoms with E-state index in [0.29, 0.717) is 36.3 Å². The van der Waals surface area contributed by atoms with Gasteiger partial charge >= 0.3 is 5.97 Å². The zero-order valence-corrected chi connectivity index (χ0v) is 11.8. The molecule has 0 bridgehead atoms. The smallest absolute Gasteiger partial charge is 0.333 e. The summed E-state index contributed by atoms with van der Waals surface area (Å²) in [5.74, 6) is 0.184. The van der Waals surface area contributed by atoms with Gasteiger partial charge in [-0.05, 0) is 25.5 Å². The molecule has 0 unspecified atom stereocenters. The van der Waals surface area contributed by atoms with E-state index in [1.165, 1.54) is 0 Å². The molecule has 1 saturated heterocycles. The first-order valence-electron chi connectivity index (χ1n) is 7.34. The van der Waals surface area contributed by atoms with Crippen molar-refractivity contribution >= 4 is 11.8 Å². The van der Waals surface area contributed by atoms with Crippen molar-refractivity contribution in [2.45, 2.75) is 25.9 Å². The molecule has 1 aliphatic carbocycles. The molecule has 108 valence electrons. The number of ketones is 1. The highest BCUT2D eigenvalue weighted by atomic mass is 16.5. The van der Waals surface area contributed by atoms with E-state index < -0.39 is 0 Å². The molecule has 0 spiro atoms. The number of hydrogen-bond acceptors (Lipinski definition) is 4. The highest BCUT2D eigenvalue weighted by Gasteiger charge is 2.48. The van der Waals surface area contributed by atoms with Crippen LogP contribution in [0, 0.1) is 18.8 Å². The Hall–Kier alpha value is -2.10. The number of hydrogen-bond donors (Lipinski definition) is 0. The van der Waals surface area contributed by atoms with Crippen molar-refractivity contribution in [2.75, 3.05) is 6.61 Å². The summed E-state index contributed by atoms with van der Waals surface area (Å²) >= 11 is 0. The predicted molar refractivity (Wildman–Crippen MR) is 75.2 cm³/mol. The van der Waals surface area contributed by atoms with Crippen LogP contribution in [0.2, 0.25) is 0 Å². The van der Waals surface area contributed by atoms with E-state index in [1.54, 1.807) is 0 Å². The summed E-state index contributed by atoms with van der Waals surface area (Å²) in [6.45, 7) is 2.35. The normalized spacial score (nSPS) is 30.3. The van der Waals surface area contributed by atoms with Crippen LogP contribution in [-0.4, -0.2) is 24.5 Å². The molecule has 1 aromatic carbocycles. The van der Waals surface area contributed by atoms with E-state index in [9.17, 15) is 9.59 Å². The van der Waals surface area contributed by atoms with Crippen molar-refractivity contribution in [3.63, 3.8) is 0 Å². The average Bonchev–Trinajstić information content (AvgIpc) is 2.48. The Labute approximate surface area is 122 Å². The van der Waals surface area contributed by atoms with Gasteiger partial charge in [0.25, 0.3) is 0 Å². The lowest BCUT2D eigenvalue weighted by atomic mass is 9.69. The molecule has 4 nitrogen and oxygen atoms in total. The summed E-state index contributed by atoms with van der Waals surface area (Å²) in [5.41, 5.74) is 2.35. The quantitative estimate of drug-likeness (QED) is 0.687. The number of Topliss-reactive ketones (excluding diaryl/α,β-unsaturated/α-hetero) is 1. The number of rotatable bonds is 0. The molecule has 0 saturated carbocycles. The molecule has 3 aliphatic rings. The van der Waals surface area contributed by atoms with Crippen molar-refractivity contribution < 1.29 is 19.1 Å². The van der Waals surface area contributed by atoms with E-state index in [2.05, 4.69) is 0 Å². The first kappa shape index (κ1) is 12.6. The maximum atomic E-state index is 12.9. The first-order chi connectivity index (χ1) is 10.1. The topological polar surface area (TPSA) is 52.6 Å². The third-order valence-corrected chi connectivity index (χ3v) is 4.68. The van der Waals surface area contributed by atoms with Crippen LogP contribution in [0.3, 0.4) is 0 Å². The molecule has 4 heteroatoms. The van der Waals surface area contributed by atoms with Gasteiger partial charge in [0.2, 0.25) is 0 Å². The molecule has 0 aromatic heterocycles. The molecule has 0 radical (unpaired) electrons. The Kier molecular flexibility index (Phi) is 2.67. The molecule has 2 heterocycles. The number of benzene rings is 1. The number of carbonyl (C=O) groups is 2. The minimum atomic E-state index is -0.271. The molecule has 4 rings (SSSR count). The monoisotopic (exact) mass is 284 g/mol. The van der Waals surface area contributed by atoms with Gasteiger partial charge in [-0.3, -0.25) is 4.79 Å². The van der Waals surface area contributed by atoms with Gasteiger partial charge in [-0.15, -0.1) is 0 Å². The van der Waals surface area contributed by atoms with Gasteiger partial charge in [-0.25, -0.2) is 4.79 Å². The van der Waals surface area contributed by atoms with Gasteiger partial charge < -0.3 is 9.47 Å². The van der Waals surface area contributed by atoms with E-state index >= 15 is 0 Å². The van der Waals surface area contributed by atoms with Crippen LogP contribution in [0.25, 0.3) is 0 Å². The van der Waals surface area contributed by atoms with Crippen LogP contribution in [0.15, 0.2) is 29.8 Å². The fourth-order valence-electron chi connectivity index (χ4n) is 3.68. The SMILES string of the molecule is Cc1ccc2c(c1)C(=O)[C@H]1[C@@H](CC=C3C(=O)OCC[C@@H]31)O2. The molecule has 2 aliphatic heterocycles. The number of esters is 1. The van der Waals surface area contributed by atoms with E-state index in [1.807, 2.05) is 31.2 Å². The summed E-state index contributed by atoms with van der Waals surface area (Å²) in [7, 11) is 0. The van der Waals surface area contributed by atoms with Crippen LogP contribution in [0.5, 0.6) is 5.75 Å². The molecule has 21 heavy (non-hydrogen) atoms. The minimum Gasteiger partial charge on any atom is -0.489 e. The fourth-order valence-corrected chi connectivity index (χ4v) is 3.68. The molecule has 0 N–H and O–H groups in total. The molecule has 0 amide bonds. The molecular formula is C17H16O4. The van der Waals surface area contributed by atoms with Crippen LogP contribution in [0.1, 0.15) is 28.8 Å². The second-order valence-electron chi connectivity index (χ2n) is 5.97. The van der Waals surface area contributed by atoms with Crippen LogP contribution < -0.4 is 4.74 Å². The summed E-state index contributed by atoms with van der Waals surface area (Å²) in [4.78, 5) is 24.8. The largest absolute Gasteiger partial charge is 0.489 e. The summed E-state index contributed by atoms with van der Waals surface area (Å²) in [6.07, 6.45) is 3.02. The van der Waals surface area contributed by atoms with Gasteiger partial charge in [0.1, 0.15) is 11.9 Å². The number of ether oxygens (including phenoxy) is 2. The second kappa shape index (κ2) is 4.45. The molecule has 1 aromatic rings. The van der Waals surface area contributed by atoms with Gasteiger partial charge in [-0.1, -0.05) is 17.7 Å². The summed E-state index contributed by atoms with van der Waals surface area (Å²) in [6, 6.07) is 5.70. The standard InChI is InChI=1S/C17H16O4/c1-9-2-4-13-12(8-9)16(18)15-10-6-7-20-17(19)11(10)3-5-14(15)21-13/h2-4,8,10,14-15H,5-7H2,1H3/t10-,14+,15+/m0/s1. The predicted octanol–water partition coefficient (Wildman–Crippen LogP) is 2.45. The summed E-state index contributed by atoms with van der Waals surface area (Å²) < 4.78 is 11.1. The Morgan fingerprint density at radius 2 is 2.10 bits per heavy atom. The lowest BCUT2D eigenvalue weighted by Crippen LogP contribution is -2.47. The lowest BCUT2D eigenvalue weighted by molar-refractivity contribution is -0.143. The Morgan fingerprint density at radius 3 is 2.95 bits per heavy atom. The van der Waals surface area contributed by atoms with Crippen molar-refractivity contribution in [1.29, 1.82) is 0 Å². The second-order valence-corrected chi connectivity index (χ2v) is 5.97. The molecule has 1 fully saturated rings. The maximum absolute atomic E-state index is 12.9. The van der Waals surface area contributed by atoms with Crippen LogP contribution in [0.4, 0.5) is 0 Å². The van der Waals surface area contributed by atoms with E-state index in [0.717, 1.165) is 5.56 Å². The van der Waals surface area contributed by atoms with E-state index in [4.69, 9.17) is 9.47 Å². The van der Waals surface area contributed by atoms with Crippen LogP contribution >= 0.6 is 0 Å². The number of fused-ring (bicyclic) bond motifs is 4. The lowest BCUT2D eigenvalue weighted by Gasteiger charge is -2.41. The Balaban J connectivity index is 1.78. The number of aryl methyl sites for hydroxylation is 1. The zero-order valence-electron chi connectivity index (χ0n) is 11.8. The maximum Gasteiger partial charge on any atom is 0.333 e. The van der Waals surface area contributed by atoms with Gasteiger partial charge in [0.05, 0.1) is 18.1 Å². The fraction of sp³-hybridized carbons (Fsp3) is 0.412. The Morgan fingerprint density at radius 1 is 1.24 bits per heavy atom. The average molecular weight is 284 g/mol. The zero-order chi connectivity index (χ0) is 14.6. The van der Waals surface area contributed by atoms with Gasteiger partial charge in [-0.2, -0.15) is 0 Å². The summed E-state index contributed by atoms with van der Waals surface area (Å²) in [5, 5.41) is 0. The van der Waals surface area contributed by atoms with E-state index in [-0.39, 0.29) is 29.7 Å². The first-order valence-corrected chi connectivity index (χ1v) is 7.34. The van der Waals surface area contributed by atoms with Crippen molar-refractivity contribution in [3.05, 3.63) is 41.0 Å². The third kappa shape index (κ3) is 1.82.